The predicted octanol–water partition coefficient (Wildman–Crippen LogP) is 3.12. The Morgan fingerprint density at radius 3 is 2.43 bits per heavy atom. The Kier molecular flexibility index (Phi) is 9.05. The smallest absolute Gasteiger partial charge is 0.347 e. The lowest BCUT2D eigenvalue weighted by Crippen LogP contribution is -2.58. The third-order valence-corrected chi connectivity index (χ3v) is 8.16. The second-order valence-electron chi connectivity index (χ2n) is 11.5. The number of rotatable bonds is 7. The molecular formula is C31H36F3N7O3. The van der Waals surface area contributed by atoms with Crippen LogP contribution in [0.15, 0.2) is 48.7 Å². The molecule has 3 aromatic rings. The Bertz CT molecular complexity index is 1570. The third-order valence-electron chi connectivity index (χ3n) is 8.16. The molecule has 1 aromatic carbocycles. The molecule has 2 aliphatic heterocycles. The van der Waals surface area contributed by atoms with Gasteiger partial charge in [0.2, 0.25) is 11.8 Å². The second kappa shape index (κ2) is 12.8. The summed E-state index contributed by atoms with van der Waals surface area (Å²) in [6, 6.07) is 10.7. The summed E-state index contributed by atoms with van der Waals surface area (Å²) >= 11 is 0. The number of hydrogen-bond donors (Lipinski definition) is 0. The quantitative estimate of drug-likeness (QED) is 0.408. The van der Waals surface area contributed by atoms with Crippen LogP contribution in [0, 0.1) is 0 Å². The van der Waals surface area contributed by atoms with Gasteiger partial charge in [-0.2, -0.15) is 18.3 Å². The number of halogens is 3. The summed E-state index contributed by atoms with van der Waals surface area (Å²) in [5.74, 6) is -0.0419. The number of benzene rings is 1. The van der Waals surface area contributed by atoms with Crippen LogP contribution >= 0.6 is 0 Å². The molecule has 0 saturated carbocycles. The van der Waals surface area contributed by atoms with Gasteiger partial charge in [0.1, 0.15) is 6.04 Å². The van der Waals surface area contributed by atoms with Gasteiger partial charge >= 0.3 is 6.18 Å². The van der Waals surface area contributed by atoms with Crippen molar-refractivity contribution in [1.82, 2.24) is 34.2 Å². The molecule has 0 aliphatic carbocycles. The minimum Gasteiger partial charge on any atom is -0.347 e. The summed E-state index contributed by atoms with van der Waals surface area (Å²) in [6.45, 7) is 2.09. The number of carbonyl (C=O) groups excluding carboxylic acids is 3. The van der Waals surface area contributed by atoms with Crippen LogP contribution in [-0.2, 0) is 16.0 Å². The molecule has 4 heterocycles. The maximum atomic E-state index is 13.2. The molecule has 3 amide bonds. The lowest BCUT2D eigenvalue weighted by atomic mass is 10.00. The molecule has 0 spiro atoms. The molecule has 44 heavy (non-hydrogen) atoms. The lowest BCUT2D eigenvalue weighted by molar-refractivity contribution is -0.148. The number of fused-ring (bicyclic) bond motifs is 1. The van der Waals surface area contributed by atoms with E-state index < -0.39 is 24.9 Å². The topological polar surface area (TPSA) is 94.4 Å². The molecule has 1 saturated heterocycles. The van der Waals surface area contributed by atoms with E-state index in [9.17, 15) is 27.6 Å². The van der Waals surface area contributed by atoms with Crippen molar-refractivity contribution in [3.05, 3.63) is 71.2 Å². The van der Waals surface area contributed by atoms with Crippen molar-refractivity contribution in [2.75, 3.05) is 53.9 Å². The van der Waals surface area contributed by atoms with Crippen molar-refractivity contribution in [2.45, 2.75) is 37.9 Å². The van der Waals surface area contributed by atoms with Crippen LogP contribution in [0.25, 0.3) is 11.2 Å². The van der Waals surface area contributed by atoms with Crippen LogP contribution < -0.4 is 0 Å². The first kappa shape index (κ1) is 31.2. The Hall–Kier alpha value is -4.26. The van der Waals surface area contributed by atoms with Crippen LogP contribution in [0.3, 0.4) is 0 Å². The van der Waals surface area contributed by atoms with Crippen LogP contribution in [0.2, 0.25) is 0 Å². The first-order chi connectivity index (χ1) is 20.9. The van der Waals surface area contributed by atoms with Gasteiger partial charge in [0, 0.05) is 77.0 Å². The number of hydrogen-bond acceptors (Lipinski definition) is 6. The molecule has 234 valence electrons. The van der Waals surface area contributed by atoms with E-state index in [1.165, 1.54) is 4.90 Å². The zero-order valence-electron chi connectivity index (χ0n) is 25.0. The molecule has 13 heteroatoms. The standard InChI is InChI=1S/C31H36F3N7O3/c1-37(2)30(44)25-20-40(18-17-38(25)3)29(43)23-8-6-21(7-9-23)19-26-35-28-24(5-4-14-41(28)36-26)22-11-15-39(16-12-22)27(42)10-13-31(32,33)34/h4-9,11,14,25H,10,12-13,15-20H2,1-3H3. The van der Waals surface area contributed by atoms with Crippen LogP contribution in [0.1, 0.15) is 46.6 Å². The largest absolute Gasteiger partial charge is 0.389 e. The monoisotopic (exact) mass is 611 g/mol. The Morgan fingerprint density at radius 2 is 1.77 bits per heavy atom. The summed E-state index contributed by atoms with van der Waals surface area (Å²) in [5.41, 5.74) is 3.98. The zero-order chi connectivity index (χ0) is 31.6. The first-order valence-corrected chi connectivity index (χ1v) is 14.6. The molecule has 0 radical (unpaired) electrons. The molecule has 2 aromatic heterocycles. The third kappa shape index (κ3) is 7.09. The minimum absolute atomic E-state index is 0.0276. The summed E-state index contributed by atoms with van der Waals surface area (Å²) in [6.07, 6.45) is -1.38. The molecule has 0 bridgehead atoms. The number of alkyl halides is 3. The van der Waals surface area contributed by atoms with E-state index in [2.05, 4.69) is 5.10 Å². The van der Waals surface area contributed by atoms with E-state index in [0.717, 1.165) is 16.7 Å². The first-order valence-electron chi connectivity index (χ1n) is 14.6. The average molecular weight is 612 g/mol. The maximum absolute atomic E-state index is 13.2. The van der Waals surface area contributed by atoms with Gasteiger partial charge in [0.25, 0.3) is 5.91 Å². The fourth-order valence-electron chi connectivity index (χ4n) is 5.58. The molecule has 1 atom stereocenters. The van der Waals surface area contributed by atoms with E-state index in [1.54, 1.807) is 46.7 Å². The highest BCUT2D eigenvalue weighted by Gasteiger charge is 2.33. The SMILES string of the molecule is CN(C)C(=O)C1CN(C(=O)c2ccc(Cc3nc4c(C5=CCN(C(=O)CCC(F)(F)F)CC5)cccn4n3)cc2)CCN1C. The van der Waals surface area contributed by atoms with Gasteiger partial charge in [-0.15, -0.1) is 0 Å². The Labute approximate surface area is 253 Å². The summed E-state index contributed by atoms with van der Waals surface area (Å²) in [7, 11) is 5.33. The van der Waals surface area contributed by atoms with Crippen molar-refractivity contribution in [3.63, 3.8) is 0 Å². The van der Waals surface area contributed by atoms with Crippen molar-refractivity contribution in [1.29, 1.82) is 0 Å². The summed E-state index contributed by atoms with van der Waals surface area (Å²) < 4.78 is 39.2. The van der Waals surface area contributed by atoms with Crippen molar-refractivity contribution in [3.8, 4) is 0 Å². The van der Waals surface area contributed by atoms with Crippen molar-refractivity contribution in [2.24, 2.45) is 0 Å². The Morgan fingerprint density at radius 1 is 1.02 bits per heavy atom. The summed E-state index contributed by atoms with van der Waals surface area (Å²) in [4.78, 5) is 49.5. The second-order valence-corrected chi connectivity index (χ2v) is 11.5. The normalized spacial score (nSPS) is 18.0. The number of carbonyl (C=O) groups is 3. The van der Waals surface area contributed by atoms with Crippen LogP contribution in [0.4, 0.5) is 13.2 Å². The number of pyridine rings is 1. The highest BCUT2D eigenvalue weighted by Crippen LogP contribution is 2.27. The van der Waals surface area contributed by atoms with Gasteiger partial charge < -0.3 is 14.7 Å². The number of likely N-dealkylation sites (N-methyl/N-ethyl adjacent to an activating group) is 2. The fourth-order valence-corrected chi connectivity index (χ4v) is 5.58. The maximum Gasteiger partial charge on any atom is 0.389 e. The van der Waals surface area contributed by atoms with Gasteiger partial charge in [-0.25, -0.2) is 9.50 Å². The molecular weight excluding hydrogens is 575 g/mol. The molecule has 1 fully saturated rings. The minimum atomic E-state index is -4.35. The molecule has 1 unspecified atom stereocenters. The predicted molar refractivity (Wildman–Crippen MR) is 158 cm³/mol. The number of aromatic nitrogens is 3. The lowest BCUT2D eigenvalue weighted by Gasteiger charge is -2.39. The van der Waals surface area contributed by atoms with Gasteiger partial charge in [-0.05, 0) is 48.9 Å². The van der Waals surface area contributed by atoms with Gasteiger partial charge in [-0.1, -0.05) is 18.2 Å². The van der Waals surface area contributed by atoms with E-state index in [-0.39, 0.29) is 24.4 Å². The fraction of sp³-hybridized carbons (Fsp3) is 0.452. The Balaban J connectivity index is 1.24. The van der Waals surface area contributed by atoms with Crippen LogP contribution in [0.5, 0.6) is 0 Å². The molecule has 2 aliphatic rings. The van der Waals surface area contributed by atoms with E-state index >= 15 is 0 Å². The summed E-state index contributed by atoms with van der Waals surface area (Å²) in [5, 5.41) is 4.62. The highest BCUT2D eigenvalue weighted by atomic mass is 19.4. The van der Waals surface area contributed by atoms with Gasteiger partial charge in [0.15, 0.2) is 11.5 Å². The molecule has 0 N–H and O–H groups in total. The van der Waals surface area contributed by atoms with Gasteiger partial charge in [0.05, 0.1) is 6.42 Å². The van der Waals surface area contributed by atoms with E-state index in [0.29, 0.717) is 56.1 Å². The number of piperazine rings is 1. The van der Waals surface area contributed by atoms with Crippen molar-refractivity contribution >= 4 is 28.9 Å². The number of amides is 3. The average Bonchev–Trinajstić information content (AvgIpc) is 3.42. The highest BCUT2D eigenvalue weighted by molar-refractivity contribution is 5.95. The van der Waals surface area contributed by atoms with E-state index in [1.807, 2.05) is 42.3 Å². The van der Waals surface area contributed by atoms with Gasteiger partial charge in [-0.3, -0.25) is 19.3 Å². The van der Waals surface area contributed by atoms with Crippen LogP contribution in [-0.4, -0.2) is 118 Å². The van der Waals surface area contributed by atoms with Crippen molar-refractivity contribution < 1.29 is 27.6 Å². The van der Waals surface area contributed by atoms with E-state index in [4.69, 9.17) is 4.98 Å². The zero-order valence-corrected chi connectivity index (χ0v) is 25.0. The number of nitrogens with zero attached hydrogens (tertiary/aromatic N) is 7. The molecule has 10 nitrogen and oxygen atoms in total. The molecule has 5 rings (SSSR count).